The molecule has 2 saturated heterocycles. The van der Waals surface area contributed by atoms with E-state index in [0.717, 1.165) is 48.5 Å². The number of hydrogen-bond acceptors (Lipinski definition) is 9. The maximum atomic E-state index is 13.8. The van der Waals surface area contributed by atoms with Crippen LogP contribution in [0.5, 0.6) is 5.75 Å². The molecule has 3 fully saturated rings. The molecule has 2 N–H and O–H groups in total. The standard InChI is InChI=1S/C41H43F3N6O5S/c1-4-26-18-31(50-39(56)49(38(54)40(50,2)3)30-9-8-27(22-45)33(20-30)41(42,43)44)10-13-36(26)55-24-25-14-16-48(17-15-25)23-37(53)47-29-7-5-6-28(19-29)46-34-12-11-32(51)21-35(34)52/h5-10,13,18-20,25,34,46H,4,11-12,14-17,21,23-24H2,1-3H3,(H,47,53). The van der Waals surface area contributed by atoms with E-state index in [0.29, 0.717) is 48.7 Å². The molecule has 2 aliphatic heterocycles. The number of ether oxygens (including phenoxy) is 1. The molecule has 15 heteroatoms. The first-order valence-electron chi connectivity index (χ1n) is 18.6. The molecule has 1 atom stereocenters. The molecule has 0 radical (unpaired) electrons. The Morgan fingerprint density at radius 3 is 2.39 bits per heavy atom. The average Bonchev–Trinajstić information content (AvgIpc) is 3.33. The third kappa shape index (κ3) is 8.71. The van der Waals surface area contributed by atoms with Crippen molar-refractivity contribution >= 4 is 63.5 Å². The Bertz CT molecular complexity index is 2090. The van der Waals surface area contributed by atoms with Crippen molar-refractivity contribution in [3.63, 3.8) is 0 Å². The number of aryl methyl sites for hydroxylation is 1. The van der Waals surface area contributed by atoms with Crippen LogP contribution in [0.4, 0.5) is 35.9 Å². The highest BCUT2D eigenvalue weighted by Crippen LogP contribution is 2.41. The van der Waals surface area contributed by atoms with Gasteiger partial charge in [0.15, 0.2) is 10.9 Å². The topological polar surface area (TPSA) is 135 Å². The number of nitrogens with zero attached hydrogens (tertiary/aromatic N) is 4. The fourth-order valence-corrected chi connectivity index (χ4v) is 7.94. The minimum absolute atomic E-state index is 0.0199. The van der Waals surface area contributed by atoms with Crippen LogP contribution < -0.4 is 25.2 Å². The van der Waals surface area contributed by atoms with E-state index in [1.807, 2.05) is 25.1 Å². The number of Topliss-reactive ketones (excluding diaryl/α,β-unsaturated/α-hetero) is 2. The second kappa shape index (κ2) is 16.4. The smallest absolute Gasteiger partial charge is 0.417 e. The molecule has 294 valence electrons. The number of rotatable bonds is 11. The van der Waals surface area contributed by atoms with E-state index in [1.54, 1.807) is 49.1 Å². The van der Waals surface area contributed by atoms with Gasteiger partial charge in [-0.05, 0) is 131 Å². The van der Waals surface area contributed by atoms with Crippen molar-refractivity contribution in [2.24, 2.45) is 5.92 Å². The fraction of sp³-hybridized carbons (Fsp3) is 0.415. The number of nitriles is 1. The van der Waals surface area contributed by atoms with Crippen molar-refractivity contribution in [1.82, 2.24) is 4.90 Å². The molecule has 1 saturated carbocycles. The van der Waals surface area contributed by atoms with Crippen LogP contribution >= 0.6 is 12.2 Å². The first kappa shape index (κ1) is 40.3. The van der Waals surface area contributed by atoms with Crippen LogP contribution in [-0.2, 0) is 31.8 Å². The Morgan fingerprint density at radius 1 is 1.00 bits per heavy atom. The number of likely N-dealkylation sites (tertiary alicyclic amines) is 1. The summed E-state index contributed by atoms with van der Waals surface area (Å²) in [7, 11) is 0. The lowest BCUT2D eigenvalue weighted by Crippen LogP contribution is -2.44. The van der Waals surface area contributed by atoms with Crippen LogP contribution in [-0.4, -0.2) is 71.2 Å². The Morgan fingerprint density at radius 2 is 1.71 bits per heavy atom. The average molecular weight is 789 g/mol. The first-order valence-corrected chi connectivity index (χ1v) is 19.0. The van der Waals surface area contributed by atoms with Gasteiger partial charge in [-0.2, -0.15) is 18.4 Å². The molecule has 11 nitrogen and oxygen atoms in total. The molecule has 2 heterocycles. The van der Waals surface area contributed by atoms with E-state index >= 15 is 0 Å². The summed E-state index contributed by atoms with van der Waals surface area (Å²) in [6.45, 7) is 7.45. The van der Waals surface area contributed by atoms with Crippen molar-refractivity contribution < 1.29 is 37.1 Å². The summed E-state index contributed by atoms with van der Waals surface area (Å²) >= 11 is 5.71. The summed E-state index contributed by atoms with van der Waals surface area (Å²) in [6.07, 6.45) is -1.73. The third-order valence-electron chi connectivity index (χ3n) is 10.5. The molecule has 6 rings (SSSR count). The fourth-order valence-electron chi connectivity index (χ4n) is 7.42. The maximum Gasteiger partial charge on any atom is 0.417 e. The van der Waals surface area contributed by atoms with E-state index in [4.69, 9.17) is 17.0 Å². The summed E-state index contributed by atoms with van der Waals surface area (Å²) < 4.78 is 47.6. The van der Waals surface area contributed by atoms with Crippen molar-refractivity contribution in [3.05, 3.63) is 77.4 Å². The molecule has 3 aromatic rings. The molecule has 1 aliphatic carbocycles. The van der Waals surface area contributed by atoms with Crippen molar-refractivity contribution in [2.45, 2.75) is 77.1 Å². The van der Waals surface area contributed by atoms with Gasteiger partial charge < -0.3 is 20.3 Å². The van der Waals surface area contributed by atoms with Crippen molar-refractivity contribution in [3.8, 4) is 11.8 Å². The van der Waals surface area contributed by atoms with E-state index in [1.165, 1.54) is 6.07 Å². The number of nitrogens with one attached hydrogen (secondary N) is 2. The molecule has 3 aliphatic rings. The van der Waals surface area contributed by atoms with E-state index < -0.39 is 34.8 Å². The number of piperidine rings is 1. The minimum Gasteiger partial charge on any atom is -0.493 e. The van der Waals surface area contributed by atoms with Gasteiger partial charge in [0.25, 0.3) is 5.91 Å². The zero-order valence-corrected chi connectivity index (χ0v) is 32.2. The summed E-state index contributed by atoms with van der Waals surface area (Å²) in [6, 6.07) is 16.9. The van der Waals surface area contributed by atoms with Gasteiger partial charge in [-0.25, -0.2) is 0 Å². The number of benzene rings is 3. The quantitative estimate of drug-likeness (QED) is 0.156. The SMILES string of the molecule is CCc1cc(N2C(=S)N(c3ccc(C#N)c(C(F)(F)F)c3)C(=O)C2(C)C)ccc1OCC1CCN(CC(=O)Nc2cccc(NC3CCC(=O)CC3=O)c2)CC1. The van der Waals surface area contributed by atoms with E-state index in [-0.39, 0.29) is 47.2 Å². The molecule has 1 unspecified atom stereocenters. The maximum absolute atomic E-state index is 13.8. The summed E-state index contributed by atoms with van der Waals surface area (Å²) in [5.74, 6) is 0.155. The molecule has 0 bridgehead atoms. The lowest BCUT2D eigenvalue weighted by atomic mass is 9.93. The Balaban J connectivity index is 1.02. The number of amides is 2. The number of carbonyl (C=O) groups is 4. The molecule has 56 heavy (non-hydrogen) atoms. The molecular formula is C41H43F3N6O5S. The van der Waals surface area contributed by atoms with Crippen molar-refractivity contribution in [1.29, 1.82) is 5.26 Å². The molecule has 2 amide bonds. The van der Waals surface area contributed by atoms with E-state index in [2.05, 4.69) is 15.5 Å². The van der Waals surface area contributed by atoms with Gasteiger partial charge in [-0.15, -0.1) is 0 Å². The van der Waals surface area contributed by atoms with Crippen LogP contribution in [0, 0.1) is 17.2 Å². The largest absolute Gasteiger partial charge is 0.493 e. The highest BCUT2D eigenvalue weighted by Gasteiger charge is 2.51. The second-order valence-electron chi connectivity index (χ2n) is 14.9. The van der Waals surface area contributed by atoms with Crippen LogP contribution in [0.25, 0.3) is 0 Å². The third-order valence-corrected chi connectivity index (χ3v) is 10.9. The number of thiocarbonyl (C=S) groups is 1. The van der Waals surface area contributed by atoms with Crippen LogP contribution in [0.2, 0.25) is 0 Å². The normalized spacial score (nSPS) is 19.3. The zero-order chi connectivity index (χ0) is 40.4. The highest BCUT2D eigenvalue weighted by atomic mass is 32.1. The van der Waals surface area contributed by atoms with Gasteiger partial charge in [0, 0.05) is 23.5 Å². The van der Waals surface area contributed by atoms with Crippen LogP contribution in [0.3, 0.4) is 0 Å². The van der Waals surface area contributed by atoms with Gasteiger partial charge in [0.2, 0.25) is 5.91 Å². The molecule has 0 spiro atoms. The number of anilines is 4. The Labute approximate surface area is 328 Å². The lowest BCUT2D eigenvalue weighted by molar-refractivity contribution is -0.138. The Hall–Kier alpha value is -5.33. The monoisotopic (exact) mass is 788 g/mol. The highest BCUT2D eigenvalue weighted by molar-refractivity contribution is 7.81. The van der Waals surface area contributed by atoms with Gasteiger partial charge in [-0.1, -0.05) is 13.0 Å². The van der Waals surface area contributed by atoms with Gasteiger partial charge >= 0.3 is 6.18 Å². The van der Waals surface area contributed by atoms with Gasteiger partial charge in [-0.3, -0.25) is 29.0 Å². The lowest BCUT2D eigenvalue weighted by Gasteiger charge is -2.32. The number of ketones is 2. The molecule has 0 aromatic heterocycles. The summed E-state index contributed by atoms with van der Waals surface area (Å²) in [5, 5.41) is 15.4. The minimum atomic E-state index is -4.79. The summed E-state index contributed by atoms with van der Waals surface area (Å²) in [5.41, 5.74) is -0.193. The van der Waals surface area contributed by atoms with Gasteiger partial charge in [0.1, 0.15) is 17.1 Å². The number of carbonyl (C=O) groups excluding carboxylic acids is 4. The van der Waals surface area contributed by atoms with Crippen LogP contribution in [0.1, 0.15) is 69.6 Å². The Kier molecular flexibility index (Phi) is 11.8. The van der Waals surface area contributed by atoms with Gasteiger partial charge in [0.05, 0.1) is 48.5 Å². The predicted octanol–water partition coefficient (Wildman–Crippen LogP) is 6.89. The zero-order valence-electron chi connectivity index (χ0n) is 31.4. The number of hydrogen-bond donors (Lipinski definition) is 2. The number of alkyl halides is 3. The van der Waals surface area contributed by atoms with Crippen LogP contribution in [0.15, 0.2) is 60.7 Å². The molecule has 3 aromatic carbocycles. The van der Waals surface area contributed by atoms with Crippen molar-refractivity contribution in [2.75, 3.05) is 46.7 Å². The van der Waals surface area contributed by atoms with E-state index in [9.17, 15) is 37.6 Å². The molecular weight excluding hydrogens is 746 g/mol. The number of halogens is 3. The first-order chi connectivity index (χ1) is 26.6. The predicted molar refractivity (Wildman–Crippen MR) is 210 cm³/mol. The summed E-state index contributed by atoms with van der Waals surface area (Å²) in [4.78, 5) is 55.2. The second-order valence-corrected chi connectivity index (χ2v) is 15.2.